The Morgan fingerprint density at radius 3 is 2.09 bits per heavy atom. The van der Waals surface area contributed by atoms with Crippen molar-refractivity contribution in [1.82, 2.24) is 9.97 Å². The number of nitrogens with zero attached hydrogens (tertiary/aromatic N) is 2. The van der Waals surface area contributed by atoms with Crippen molar-refractivity contribution in [2.24, 2.45) is 0 Å². The van der Waals surface area contributed by atoms with E-state index in [2.05, 4.69) is 25.3 Å². The fourth-order valence-corrected chi connectivity index (χ4v) is 4.94. The highest BCUT2D eigenvalue weighted by molar-refractivity contribution is 7.92. The second-order valence-electron chi connectivity index (χ2n) is 8.10. The summed E-state index contributed by atoms with van der Waals surface area (Å²) in [6.07, 6.45) is 0. The number of aromatic nitrogens is 2. The average molecular weight is 490 g/mol. The molecule has 0 amide bonds. The molecule has 0 saturated heterocycles. The van der Waals surface area contributed by atoms with E-state index in [1.807, 2.05) is 50.2 Å². The van der Waals surface area contributed by atoms with Gasteiger partial charge in [-0.25, -0.2) is 13.4 Å². The number of hydrogen-bond donors (Lipinski definition) is 3. The Kier molecular flexibility index (Phi) is 6.88. The molecular weight excluding hydrogens is 462 g/mol. The molecule has 180 valence electrons. The molecule has 0 aliphatic heterocycles. The predicted molar refractivity (Wildman–Crippen MR) is 139 cm³/mol. The van der Waals surface area contributed by atoms with Gasteiger partial charge in [0.2, 0.25) is 5.95 Å². The second-order valence-corrected chi connectivity index (χ2v) is 9.76. The van der Waals surface area contributed by atoms with Crippen LogP contribution in [-0.2, 0) is 10.0 Å². The molecule has 0 aliphatic rings. The third kappa shape index (κ3) is 5.88. The zero-order valence-electron chi connectivity index (χ0n) is 20.0. The number of aryl methyl sites for hydroxylation is 3. The number of sulfonamides is 1. The van der Waals surface area contributed by atoms with Crippen molar-refractivity contribution in [2.45, 2.75) is 25.7 Å². The Balaban J connectivity index is 1.49. The fraction of sp³-hybridized carbons (Fsp3) is 0.154. The molecule has 35 heavy (non-hydrogen) atoms. The molecule has 1 heterocycles. The standard InChI is InChI=1S/C26H27N5O3S/c1-17-14-18(2)24(16-23(17)34-4)35(32,33)31-22-12-10-21(11-13-22)29-26-27-19(3)15-25(30-26)28-20-8-6-5-7-9-20/h5-16,31H,1-4H3,(H2,27,28,29,30). The fourth-order valence-electron chi connectivity index (χ4n) is 3.64. The first-order chi connectivity index (χ1) is 16.7. The minimum absolute atomic E-state index is 0.175. The van der Waals surface area contributed by atoms with Crippen molar-refractivity contribution in [3.63, 3.8) is 0 Å². The maximum absolute atomic E-state index is 13.0. The first kappa shape index (κ1) is 24.0. The average Bonchev–Trinajstić information content (AvgIpc) is 2.80. The molecule has 0 radical (unpaired) electrons. The number of hydrogen-bond acceptors (Lipinski definition) is 7. The van der Waals surface area contributed by atoms with Crippen LogP contribution in [0.1, 0.15) is 16.8 Å². The third-order valence-electron chi connectivity index (χ3n) is 5.28. The Morgan fingerprint density at radius 1 is 0.743 bits per heavy atom. The maximum atomic E-state index is 13.0. The van der Waals surface area contributed by atoms with Crippen LogP contribution in [0.15, 0.2) is 77.7 Å². The van der Waals surface area contributed by atoms with Crippen LogP contribution >= 0.6 is 0 Å². The Labute approximate surface area is 205 Å². The molecule has 8 nitrogen and oxygen atoms in total. The van der Waals surface area contributed by atoms with Crippen molar-refractivity contribution in [2.75, 3.05) is 22.5 Å². The van der Waals surface area contributed by atoms with E-state index in [-0.39, 0.29) is 4.90 Å². The van der Waals surface area contributed by atoms with Crippen molar-refractivity contribution >= 4 is 38.9 Å². The summed E-state index contributed by atoms with van der Waals surface area (Å²) >= 11 is 0. The molecule has 0 spiro atoms. The summed E-state index contributed by atoms with van der Waals surface area (Å²) in [7, 11) is -2.27. The maximum Gasteiger partial charge on any atom is 0.262 e. The first-order valence-electron chi connectivity index (χ1n) is 11.0. The van der Waals surface area contributed by atoms with Crippen LogP contribution in [0.25, 0.3) is 0 Å². The van der Waals surface area contributed by atoms with Crippen molar-refractivity contribution < 1.29 is 13.2 Å². The third-order valence-corrected chi connectivity index (χ3v) is 6.80. The molecule has 4 aromatic rings. The lowest BCUT2D eigenvalue weighted by Crippen LogP contribution is -2.14. The highest BCUT2D eigenvalue weighted by atomic mass is 32.2. The summed E-state index contributed by atoms with van der Waals surface area (Å²) < 4.78 is 33.9. The minimum Gasteiger partial charge on any atom is -0.496 e. The zero-order chi connectivity index (χ0) is 25.0. The summed E-state index contributed by atoms with van der Waals surface area (Å²) in [5.41, 5.74) is 4.40. The molecule has 0 unspecified atom stereocenters. The van der Waals surface area contributed by atoms with Crippen molar-refractivity contribution in [3.05, 3.63) is 89.6 Å². The number of ether oxygens (including phenoxy) is 1. The van der Waals surface area contributed by atoms with Gasteiger partial charge in [-0.15, -0.1) is 0 Å². The van der Waals surface area contributed by atoms with Gasteiger partial charge in [0.25, 0.3) is 10.0 Å². The van der Waals surface area contributed by atoms with E-state index >= 15 is 0 Å². The number of methoxy groups -OCH3 is 1. The summed E-state index contributed by atoms with van der Waals surface area (Å²) in [5, 5.41) is 6.43. The predicted octanol–water partition coefficient (Wildman–Crippen LogP) is 5.70. The SMILES string of the molecule is COc1cc(S(=O)(=O)Nc2ccc(Nc3nc(C)cc(Nc4ccccc4)n3)cc2)c(C)cc1C. The van der Waals surface area contributed by atoms with Gasteiger partial charge in [0.15, 0.2) is 0 Å². The highest BCUT2D eigenvalue weighted by Gasteiger charge is 2.19. The summed E-state index contributed by atoms with van der Waals surface area (Å²) in [6.45, 7) is 5.53. The molecule has 4 rings (SSSR count). The van der Waals surface area contributed by atoms with Crippen LogP contribution in [0.5, 0.6) is 5.75 Å². The molecule has 0 bridgehead atoms. The summed E-state index contributed by atoms with van der Waals surface area (Å²) in [5.74, 6) is 1.62. The largest absolute Gasteiger partial charge is 0.496 e. The van der Waals surface area contributed by atoms with E-state index in [1.165, 1.54) is 7.11 Å². The van der Waals surface area contributed by atoms with Crippen molar-refractivity contribution in [1.29, 1.82) is 0 Å². The normalized spacial score (nSPS) is 11.1. The van der Waals surface area contributed by atoms with Crippen LogP contribution in [0, 0.1) is 20.8 Å². The van der Waals surface area contributed by atoms with E-state index in [4.69, 9.17) is 4.74 Å². The molecule has 0 atom stereocenters. The molecule has 3 N–H and O–H groups in total. The number of anilines is 5. The number of para-hydroxylation sites is 1. The van der Waals surface area contributed by atoms with E-state index in [0.29, 0.717) is 28.8 Å². The second kappa shape index (κ2) is 10.0. The van der Waals surface area contributed by atoms with Gasteiger partial charge < -0.3 is 15.4 Å². The van der Waals surface area contributed by atoms with Crippen LogP contribution < -0.4 is 20.1 Å². The quantitative estimate of drug-likeness (QED) is 0.292. The van der Waals surface area contributed by atoms with Gasteiger partial charge in [-0.1, -0.05) is 24.3 Å². The smallest absolute Gasteiger partial charge is 0.262 e. The van der Waals surface area contributed by atoms with Gasteiger partial charge in [-0.3, -0.25) is 4.72 Å². The number of benzene rings is 3. The lowest BCUT2D eigenvalue weighted by atomic mass is 10.1. The summed E-state index contributed by atoms with van der Waals surface area (Å²) in [6, 6.07) is 21.8. The Morgan fingerprint density at radius 2 is 1.40 bits per heavy atom. The number of rotatable bonds is 8. The molecular formula is C26H27N5O3S. The van der Waals surface area contributed by atoms with Gasteiger partial charge in [-0.05, 0) is 68.3 Å². The molecule has 1 aromatic heterocycles. The van der Waals surface area contributed by atoms with E-state index < -0.39 is 10.0 Å². The minimum atomic E-state index is -3.79. The molecule has 9 heteroatoms. The Bertz CT molecular complexity index is 1440. The molecule has 3 aromatic carbocycles. The van der Waals surface area contributed by atoms with Gasteiger partial charge in [0.05, 0.1) is 12.0 Å². The lowest BCUT2D eigenvalue weighted by molar-refractivity contribution is 0.410. The molecule has 0 saturated carbocycles. The molecule has 0 aliphatic carbocycles. The van der Waals surface area contributed by atoms with Gasteiger partial charge in [0, 0.05) is 34.9 Å². The van der Waals surface area contributed by atoms with E-state index in [0.717, 1.165) is 22.6 Å². The van der Waals surface area contributed by atoms with Gasteiger partial charge in [0.1, 0.15) is 11.6 Å². The summed E-state index contributed by atoms with van der Waals surface area (Å²) in [4.78, 5) is 9.14. The van der Waals surface area contributed by atoms with Gasteiger partial charge >= 0.3 is 0 Å². The van der Waals surface area contributed by atoms with Crippen LogP contribution in [0.2, 0.25) is 0 Å². The lowest BCUT2D eigenvalue weighted by Gasteiger charge is -2.14. The molecule has 0 fully saturated rings. The van der Waals surface area contributed by atoms with Crippen molar-refractivity contribution in [3.8, 4) is 5.75 Å². The highest BCUT2D eigenvalue weighted by Crippen LogP contribution is 2.28. The number of nitrogens with one attached hydrogen (secondary N) is 3. The van der Waals surface area contributed by atoms with Crippen LogP contribution in [0.3, 0.4) is 0 Å². The van der Waals surface area contributed by atoms with E-state index in [9.17, 15) is 8.42 Å². The Hall–Kier alpha value is -4.11. The topological polar surface area (TPSA) is 105 Å². The monoisotopic (exact) mass is 489 g/mol. The van der Waals surface area contributed by atoms with Crippen LogP contribution in [0.4, 0.5) is 28.8 Å². The van der Waals surface area contributed by atoms with Crippen LogP contribution in [-0.4, -0.2) is 25.5 Å². The zero-order valence-corrected chi connectivity index (χ0v) is 20.8. The van der Waals surface area contributed by atoms with Gasteiger partial charge in [-0.2, -0.15) is 4.98 Å². The van der Waals surface area contributed by atoms with E-state index in [1.54, 1.807) is 43.3 Å². The first-order valence-corrected chi connectivity index (χ1v) is 12.4.